The van der Waals surface area contributed by atoms with Gasteiger partial charge in [0.05, 0.1) is 14.2 Å². The second kappa shape index (κ2) is 6.03. The lowest BCUT2D eigenvalue weighted by molar-refractivity contribution is 0.169. The first-order valence-electron chi connectivity index (χ1n) is 4.60. The summed E-state index contributed by atoms with van der Waals surface area (Å²) in [6.45, 7) is 0. The Balaban J connectivity index is 3.04. The molecule has 0 aliphatic carbocycles. The van der Waals surface area contributed by atoms with Gasteiger partial charge in [0.15, 0.2) is 0 Å². The van der Waals surface area contributed by atoms with Gasteiger partial charge in [-0.3, -0.25) is 0 Å². The van der Waals surface area contributed by atoms with E-state index in [2.05, 4.69) is 20.7 Å². The van der Waals surface area contributed by atoms with Gasteiger partial charge in [-0.25, -0.2) is 18.6 Å². The molecule has 7 nitrogen and oxygen atoms in total. The summed E-state index contributed by atoms with van der Waals surface area (Å²) in [5.41, 5.74) is 1.87. The van der Waals surface area contributed by atoms with E-state index < -0.39 is 16.1 Å². The Bertz CT molecular complexity index is 546. The van der Waals surface area contributed by atoms with Gasteiger partial charge in [-0.15, -0.1) is 4.83 Å². The molecule has 0 spiro atoms. The number of amides is 1. The molecule has 0 atom stereocenters. The largest absolute Gasteiger partial charge is 0.495 e. The zero-order valence-electron chi connectivity index (χ0n) is 9.56. The molecule has 1 aromatic rings. The number of hydrogen-bond donors (Lipinski definition) is 2. The number of hydrogen-bond acceptors (Lipinski definition) is 5. The average Bonchev–Trinajstić information content (AvgIpc) is 2.36. The van der Waals surface area contributed by atoms with Crippen molar-refractivity contribution in [3.8, 4) is 5.75 Å². The molecule has 0 bridgehead atoms. The van der Waals surface area contributed by atoms with E-state index in [1.807, 2.05) is 10.3 Å². The van der Waals surface area contributed by atoms with E-state index in [0.29, 0.717) is 4.47 Å². The topological polar surface area (TPSA) is 93.7 Å². The van der Waals surface area contributed by atoms with Crippen molar-refractivity contribution in [3.05, 3.63) is 22.7 Å². The third kappa shape index (κ3) is 3.59. The van der Waals surface area contributed by atoms with E-state index in [1.54, 1.807) is 6.07 Å². The van der Waals surface area contributed by atoms with Crippen LogP contribution in [-0.4, -0.2) is 28.7 Å². The van der Waals surface area contributed by atoms with Crippen molar-refractivity contribution in [1.29, 1.82) is 0 Å². The summed E-state index contributed by atoms with van der Waals surface area (Å²) in [5, 5.41) is 0. The molecule has 1 aromatic carbocycles. The lowest BCUT2D eigenvalue weighted by atomic mass is 10.3. The number of sulfonamides is 1. The Labute approximate surface area is 113 Å². The van der Waals surface area contributed by atoms with Gasteiger partial charge in [-0.2, -0.15) is 0 Å². The second-order valence-electron chi connectivity index (χ2n) is 3.02. The molecule has 0 radical (unpaired) electrons. The minimum Gasteiger partial charge on any atom is -0.495 e. The molecule has 0 saturated carbocycles. The van der Waals surface area contributed by atoms with Gasteiger partial charge in [0.2, 0.25) is 0 Å². The predicted molar refractivity (Wildman–Crippen MR) is 66.6 cm³/mol. The summed E-state index contributed by atoms with van der Waals surface area (Å²) in [6.07, 6.45) is -0.924. The van der Waals surface area contributed by atoms with Crippen LogP contribution in [0.1, 0.15) is 0 Å². The Hall–Kier alpha value is -1.32. The van der Waals surface area contributed by atoms with Crippen LogP contribution in [0.4, 0.5) is 4.79 Å². The average molecular weight is 339 g/mol. The molecule has 0 aliphatic rings. The fourth-order valence-electron chi connectivity index (χ4n) is 1.08. The maximum Gasteiger partial charge on any atom is 0.422 e. The smallest absolute Gasteiger partial charge is 0.422 e. The molecule has 0 saturated heterocycles. The third-order valence-electron chi connectivity index (χ3n) is 1.89. The van der Waals surface area contributed by atoms with Crippen LogP contribution in [0.3, 0.4) is 0 Å². The van der Waals surface area contributed by atoms with Crippen LogP contribution >= 0.6 is 15.9 Å². The van der Waals surface area contributed by atoms with Crippen LogP contribution in [0.15, 0.2) is 27.6 Å². The summed E-state index contributed by atoms with van der Waals surface area (Å²) in [6, 6.07) is 4.46. The molecule has 1 amide bonds. The molecule has 9 heteroatoms. The van der Waals surface area contributed by atoms with E-state index in [1.165, 1.54) is 19.2 Å². The number of ether oxygens (including phenoxy) is 2. The number of rotatable bonds is 4. The fourth-order valence-corrected chi connectivity index (χ4v) is 2.61. The number of carbonyl (C=O) groups excluding carboxylic acids is 1. The van der Waals surface area contributed by atoms with E-state index in [-0.39, 0.29) is 10.6 Å². The van der Waals surface area contributed by atoms with Crippen molar-refractivity contribution in [1.82, 2.24) is 10.3 Å². The summed E-state index contributed by atoms with van der Waals surface area (Å²) in [5.74, 6) is 0.150. The van der Waals surface area contributed by atoms with Crippen LogP contribution < -0.4 is 15.0 Å². The van der Waals surface area contributed by atoms with Crippen molar-refractivity contribution in [2.45, 2.75) is 4.90 Å². The number of carbonyl (C=O) groups is 1. The normalized spacial score (nSPS) is 10.8. The quantitative estimate of drug-likeness (QED) is 0.799. The summed E-state index contributed by atoms with van der Waals surface area (Å²) < 4.78 is 33.5. The van der Waals surface area contributed by atoms with Crippen molar-refractivity contribution < 1.29 is 22.7 Å². The van der Waals surface area contributed by atoms with E-state index >= 15 is 0 Å². The highest BCUT2D eigenvalue weighted by Crippen LogP contribution is 2.26. The summed E-state index contributed by atoms with van der Waals surface area (Å²) in [4.78, 5) is 12.6. The highest BCUT2D eigenvalue weighted by Gasteiger charge is 2.20. The highest BCUT2D eigenvalue weighted by atomic mass is 79.9. The molecule has 18 heavy (non-hydrogen) atoms. The van der Waals surface area contributed by atoms with Crippen molar-refractivity contribution >= 4 is 32.0 Å². The lowest BCUT2D eigenvalue weighted by Gasteiger charge is -2.11. The van der Waals surface area contributed by atoms with Gasteiger partial charge < -0.3 is 9.47 Å². The first-order valence-corrected chi connectivity index (χ1v) is 6.87. The number of hydrazine groups is 1. The first kappa shape index (κ1) is 14.7. The maximum absolute atomic E-state index is 11.9. The van der Waals surface area contributed by atoms with Crippen molar-refractivity contribution in [2.24, 2.45) is 0 Å². The second-order valence-corrected chi connectivity index (χ2v) is 5.58. The van der Waals surface area contributed by atoms with Crippen LogP contribution in [0, 0.1) is 0 Å². The Morgan fingerprint density at radius 2 is 2.00 bits per heavy atom. The zero-order valence-corrected chi connectivity index (χ0v) is 12.0. The lowest BCUT2D eigenvalue weighted by Crippen LogP contribution is -2.41. The van der Waals surface area contributed by atoms with Gasteiger partial charge in [-0.1, -0.05) is 15.9 Å². The zero-order chi connectivity index (χ0) is 13.8. The summed E-state index contributed by atoms with van der Waals surface area (Å²) in [7, 11) is -1.49. The Kier molecular flexibility index (Phi) is 4.93. The van der Waals surface area contributed by atoms with Gasteiger partial charge in [0.25, 0.3) is 10.0 Å². The minimum absolute atomic E-state index is 0.115. The third-order valence-corrected chi connectivity index (χ3v) is 3.65. The fraction of sp³-hybridized carbons (Fsp3) is 0.222. The van der Waals surface area contributed by atoms with E-state index in [0.717, 1.165) is 7.11 Å². The molecule has 100 valence electrons. The maximum atomic E-state index is 11.9. The van der Waals surface area contributed by atoms with E-state index in [4.69, 9.17) is 4.74 Å². The predicted octanol–water partition coefficient (Wildman–Crippen LogP) is 1.01. The SMILES string of the molecule is COC(=O)NNS(=O)(=O)c1cc(Br)ccc1OC. The monoisotopic (exact) mass is 338 g/mol. The Morgan fingerprint density at radius 1 is 1.33 bits per heavy atom. The van der Waals surface area contributed by atoms with Gasteiger partial charge >= 0.3 is 6.09 Å². The van der Waals surface area contributed by atoms with Gasteiger partial charge in [0.1, 0.15) is 10.6 Å². The molecular formula is C9H11BrN2O5S. The minimum atomic E-state index is -3.95. The molecule has 0 unspecified atom stereocenters. The van der Waals surface area contributed by atoms with Crippen LogP contribution in [0.2, 0.25) is 0 Å². The molecular weight excluding hydrogens is 328 g/mol. The van der Waals surface area contributed by atoms with Crippen LogP contribution in [-0.2, 0) is 14.8 Å². The molecule has 0 fully saturated rings. The Morgan fingerprint density at radius 3 is 2.56 bits per heavy atom. The molecule has 1 rings (SSSR count). The first-order chi connectivity index (χ1) is 8.40. The van der Waals surface area contributed by atoms with Gasteiger partial charge in [-0.05, 0) is 18.2 Å². The van der Waals surface area contributed by atoms with Crippen LogP contribution in [0.5, 0.6) is 5.75 Å². The number of methoxy groups -OCH3 is 2. The highest BCUT2D eigenvalue weighted by molar-refractivity contribution is 9.10. The van der Waals surface area contributed by atoms with Crippen molar-refractivity contribution in [2.75, 3.05) is 14.2 Å². The number of nitrogens with one attached hydrogen (secondary N) is 2. The van der Waals surface area contributed by atoms with Crippen molar-refractivity contribution in [3.63, 3.8) is 0 Å². The molecule has 2 N–H and O–H groups in total. The standard InChI is InChI=1S/C9H11BrN2O5S/c1-16-7-4-3-6(10)5-8(7)18(14,15)12-11-9(13)17-2/h3-5,12H,1-2H3,(H,11,13). The number of benzene rings is 1. The van der Waals surface area contributed by atoms with Gasteiger partial charge in [0, 0.05) is 4.47 Å². The number of halogens is 1. The van der Waals surface area contributed by atoms with Crippen LogP contribution in [0.25, 0.3) is 0 Å². The summed E-state index contributed by atoms with van der Waals surface area (Å²) >= 11 is 3.15. The molecule has 0 heterocycles. The molecule has 0 aliphatic heterocycles. The van der Waals surface area contributed by atoms with E-state index in [9.17, 15) is 13.2 Å². The molecule has 0 aromatic heterocycles.